The van der Waals surface area contributed by atoms with Crippen LogP contribution in [0.2, 0.25) is 0 Å². The second-order valence-corrected chi connectivity index (χ2v) is 3.48. The molecular formula is C10H5N5O. The number of nitrogens with zero attached hydrogens (tertiary/aromatic N) is 5. The topological polar surface area (TPSA) is 69.1 Å². The molecule has 76 valence electrons. The van der Waals surface area contributed by atoms with Crippen LogP contribution in [0.15, 0.2) is 35.2 Å². The summed E-state index contributed by atoms with van der Waals surface area (Å²) in [4.78, 5) is 8.62. The highest BCUT2D eigenvalue weighted by molar-refractivity contribution is 5.91. The van der Waals surface area contributed by atoms with Gasteiger partial charge in [-0.1, -0.05) is 12.1 Å². The number of para-hydroxylation sites is 2. The lowest BCUT2D eigenvalue weighted by molar-refractivity contribution is 0.315. The normalized spacial score (nSPS) is 11.8. The summed E-state index contributed by atoms with van der Waals surface area (Å²) >= 11 is 0. The smallest absolute Gasteiger partial charge is 0.229 e. The van der Waals surface area contributed by atoms with Crippen molar-refractivity contribution in [3.05, 3.63) is 30.6 Å². The number of aromatic nitrogens is 5. The SMILES string of the molecule is c1ccc2c(c1)nc1c3nonc3ncn21. The van der Waals surface area contributed by atoms with Crippen molar-refractivity contribution in [1.82, 2.24) is 24.7 Å². The maximum Gasteiger partial charge on any atom is 0.229 e. The molecule has 0 amide bonds. The Balaban J connectivity index is 2.38. The Morgan fingerprint density at radius 1 is 1.12 bits per heavy atom. The van der Waals surface area contributed by atoms with Gasteiger partial charge in [-0.05, 0) is 22.4 Å². The lowest BCUT2D eigenvalue weighted by Gasteiger charge is -1.92. The molecule has 0 saturated carbocycles. The lowest BCUT2D eigenvalue weighted by Crippen LogP contribution is -1.88. The maximum absolute atomic E-state index is 4.65. The van der Waals surface area contributed by atoms with Crippen LogP contribution in [0.4, 0.5) is 0 Å². The van der Waals surface area contributed by atoms with Crippen LogP contribution in [0.25, 0.3) is 27.8 Å². The zero-order valence-electron chi connectivity index (χ0n) is 8.03. The first kappa shape index (κ1) is 7.75. The fourth-order valence-corrected chi connectivity index (χ4v) is 1.85. The van der Waals surface area contributed by atoms with Gasteiger partial charge in [0.1, 0.15) is 6.33 Å². The van der Waals surface area contributed by atoms with Gasteiger partial charge in [0.05, 0.1) is 11.0 Å². The van der Waals surface area contributed by atoms with Crippen molar-refractivity contribution in [2.24, 2.45) is 0 Å². The van der Waals surface area contributed by atoms with Crippen LogP contribution >= 0.6 is 0 Å². The molecule has 3 aromatic heterocycles. The zero-order valence-corrected chi connectivity index (χ0v) is 8.03. The van der Waals surface area contributed by atoms with Gasteiger partial charge in [0.15, 0.2) is 11.2 Å². The van der Waals surface area contributed by atoms with Gasteiger partial charge in [-0.25, -0.2) is 14.6 Å². The number of benzene rings is 1. The maximum atomic E-state index is 4.65. The minimum Gasteiger partial charge on any atom is -0.281 e. The Labute approximate surface area is 88.5 Å². The predicted molar refractivity (Wildman–Crippen MR) is 55.9 cm³/mol. The highest BCUT2D eigenvalue weighted by atomic mass is 16.6. The third-order valence-corrected chi connectivity index (χ3v) is 2.57. The van der Waals surface area contributed by atoms with Crippen molar-refractivity contribution in [2.45, 2.75) is 0 Å². The average molecular weight is 211 g/mol. The van der Waals surface area contributed by atoms with Gasteiger partial charge in [0.25, 0.3) is 0 Å². The van der Waals surface area contributed by atoms with Gasteiger partial charge in [-0.2, -0.15) is 0 Å². The minimum absolute atomic E-state index is 0.475. The summed E-state index contributed by atoms with van der Waals surface area (Å²) in [5, 5.41) is 7.50. The van der Waals surface area contributed by atoms with Crippen molar-refractivity contribution in [3.8, 4) is 0 Å². The van der Waals surface area contributed by atoms with Gasteiger partial charge in [0.2, 0.25) is 5.65 Å². The van der Waals surface area contributed by atoms with Crippen LogP contribution in [0.5, 0.6) is 0 Å². The van der Waals surface area contributed by atoms with Crippen molar-refractivity contribution >= 4 is 27.8 Å². The first-order chi connectivity index (χ1) is 7.93. The van der Waals surface area contributed by atoms with Crippen LogP contribution in [0.3, 0.4) is 0 Å². The number of hydrogen-bond donors (Lipinski definition) is 0. The van der Waals surface area contributed by atoms with Gasteiger partial charge in [-0.15, -0.1) is 0 Å². The second kappa shape index (κ2) is 2.54. The summed E-state index contributed by atoms with van der Waals surface area (Å²) in [6.07, 6.45) is 1.68. The van der Waals surface area contributed by atoms with E-state index in [9.17, 15) is 0 Å². The zero-order chi connectivity index (χ0) is 10.5. The molecule has 0 aliphatic heterocycles. The Kier molecular flexibility index (Phi) is 1.23. The summed E-state index contributed by atoms with van der Waals surface area (Å²) in [6, 6.07) is 7.83. The number of imidazole rings is 1. The van der Waals surface area contributed by atoms with Crippen molar-refractivity contribution < 1.29 is 4.63 Å². The molecule has 1 aromatic carbocycles. The van der Waals surface area contributed by atoms with E-state index in [1.807, 2.05) is 28.7 Å². The molecule has 4 rings (SSSR count). The monoisotopic (exact) mass is 211 g/mol. The summed E-state index contributed by atoms with van der Waals surface area (Å²) in [7, 11) is 0. The first-order valence-corrected chi connectivity index (χ1v) is 4.77. The molecule has 0 spiro atoms. The fraction of sp³-hybridized carbons (Fsp3) is 0. The van der Waals surface area contributed by atoms with E-state index in [4.69, 9.17) is 0 Å². The molecule has 0 fully saturated rings. The summed E-state index contributed by atoms with van der Waals surface area (Å²) < 4.78 is 6.53. The summed E-state index contributed by atoms with van der Waals surface area (Å²) in [5.74, 6) is 0. The van der Waals surface area contributed by atoms with E-state index in [1.54, 1.807) is 6.33 Å². The van der Waals surface area contributed by atoms with Gasteiger partial charge < -0.3 is 0 Å². The van der Waals surface area contributed by atoms with E-state index in [0.717, 1.165) is 11.0 Å². The molecule has 6 nitrogen and oxygen atoms in total. The molecule has 4 aromatic rings. The molecule has 0 radical (unpaired) electrons. The quantitative estimate of drug-likeness (QED) is 0.440. The largest absolute Gasteiger partial charge is 0.281 e. The second-order valence-electron chi connectivity index (χ2n) is 3.48. The molecule has 0 unspecified atom stereocenters. The van der Waals surface area contributed by atoms with Crippen molar-refractivity contribution in [1.29, 1.82) is 0 Å². The molecule has 0 atom stereocenters. The average Bonchev–Trinajstić information content (AvgIpc) is 2.92. The van der Waals surface area contributed by atoms with Gasteiger partial charge >= 0.3 is 0 Å². The predicted octanol–water partition coefficient (Wildman–Crippen LogP) is 1.42. The number of rotatable bonds is 0. The Morgan fingerprint density at radius 3 is 3.06 bits per heavy atom. The number of fused-ring (bicyclic) bond motifs is 5. The van der Waals surface area contributed by atoms with Crippen LogP contribution in [-0.2, 0) is 0 Å². The van der Waals surface area contributed by atoms with Crippen LogP contribution in [0.1, 0.15) is 0 Å². The molecule has 0 N–H and O–H groups in total. The van der Waals surface area contributed by atoms with E-state index in [-0.39, 0.29) is 0 Å². The molecule has 0 saturated heterocycles. The Morgan fingerprint density at radius 2 is 2.06 bits per heavy atom. The van der Waals surface area contributed by atoms with Crippen LogP contribution in [0, 0.1) is 0 Å². The van der Waals surface area contributed by atoms with Crippen molar-refractivity contribution in [3.63, 3.8) is 0 Å². The number of hydrogen-bond acceptors (Lipinski definition) is 5. The summed E-state index contributed by atoms with van der Waals surface area (Å²) in [5.41, 5.74) is 3.67. The molecule has 0 aliphatic carbocycles. The highest BCUT2D eigenvalue weighted by Crippen LogP contribution is 2.19. The Hall–Kier alpha value is -2.50. The minimum atomic E-state index is 0.475. The highest BCUT2D eigenvalue weighted by Gasteiger charge is 2.11. The van der Waals surface area contributed by atoms with E-state index < -0.39 is 0 Å². The van der Waals surface area contributed by atoms with E-state index in [1.165, 1.54) is 0 Å². The van der Waals surface area contributed by atoms with E-state index in [0.29, 0.717) is 16.8 Å². The lowest BCUT2D eigenvalue weighted by atomic mass is 10.3. The third kappa shape index (κ3) is 0.813. The molecule has 0 bridgehead atoms. The molecule has 6 heteroatoms. The van der Waals surface area contributed by atoms with Crippen LogP contribution < -0.4 is 0 Å². The van der Waals surface area contributed by atoms with Gasteiger partial charge in [0, 0.05) is 0 Å². The molecule has 16 heavy (non-hydrogen) atoms. The van der Waals surface area contributed by atoms with Gasteiger partial charge in [-0.3, -0.25) is 4.40 Å². The fourth-order valence-electron chi connectivity index (χ4n) is 1.85. The first-order valence-electron chi connectivity index (χ1n) is 4.77. The molecule has 0 aliphatic rings. The van der Waals surface area contributed by atoms with Crippen LogP contribution in [-0.4, -0.2) is 24.7 Å². The molecule has 3 heterocycles. The summed E-state index contributed by atoms with van der Waals surface area (Å²) in [6.45, 7) is 0. The Bertz CT molecular complexity index is 816. The van der Waals surface area contributed by atoms with Crippen molar-refractivity contribution in [2.75, 3.05) is 0 Å². The third-order valence-electron chi connectivity index (χ3n) is 2.57. The standard InChI is InChI=1S/C10H5N5O/c1-2-4-7-6(3-1)12-10-8-9(14-16-13-8)11-5-15(7)10/h1-5H. The molecular weight excluding hydrogens is 206 g/mol. The van der Waals surface area contributed by atoms with E-state index >= 15 is 0 Å². The van der Waals surface area contributed by atoms with E-state index in [2.05, 4.69) is 24.9 Å².